The molecule has 1 heterocycles. The Hall–Kier alpha value is -2.90. The van der Waals surface area contributed by atoms with E-state index in [1.807, 2.05) is 67.9 Å². The summed E-state index contributed by atoms with van der Waals surface area (Å²) in [5.41, 5.74) is 5.60. The summed E-state index contributed by atoms with van der Waals surface area (Å²) < 4.78 is 0. The Labute approximate surface area is 204 Å². The van der Waals surface area contributed by atoms with Crippen molar-refractivity contribution in [3.8, 4) is 11.3 Å². The Morgan fingerprint density at radius 3 is 2.38 bits per heavy atom. The molecule has 0 radical (unpaired) electrons. The molecular weight excluding hydrogens is 573 g/mol. The number of aliphatic imine (C=N–C) groups is 2. The van der Waals surface area contributed by atoms with Crippen LogP contribution in [-0.4, -0.2) is 24.0 Å². The summed E-state index contributed by atoms with van der Waals surface area (Å²) in [6.45, 7) is 6.51. The van der Waals surface area contributed by atoms with Gasteiger partial charge in [0.2, 0.25) is 0 Å². The average Bonchev–Trinajstić information content (AvgIpc) is 2.78. The zero-order chi connectivity index (χ0) is 21.8. The standard InChI is InChI=1S/C28H26N3.Pt/c1-28(2,3)27(29-4)24-16-10-11-17-25(24)30-19-22-18-21-14-8-9-15-23(21)26(31-22)20-12-6-5-7-13-20;/h5-12,14-19H,1-4H3;/q-1;. The van der Waals surface area contributed by atoms with Crippen molar-refractivity contribution in [2.75, 3.05) is 7.05 Å². The second-order valence-corrected chi connectivity index (χ2v) is 8.49. The van der Waals surface area contributed by atoms with Crippen molar-refractivity contribution in [1.82, 2.24) is 4.98 Å². The van der Waals surface area contributed by atoms with Gasteiger partial charge in [-0.3, -0.25) is 15.0 Å². The van der Waals surface area contributed by atoms with Crippen molar-refractivity contribution in [2.24, 2.45) is 15.4 Å². The first kappa shape index (κ1) is 23.8. The van der Waals surface area contributed by atoms with Crippen LogP contribution >= 0.6 is 0 Å². The van der Waals surface area contributed by atoms with Gasteiger partial charge in [-0.15, -0.1) is 35.9 Å². The summed E-state index contributed by atoms with van der Waals surface area (Å²) in [4.78, 5) is 14.3. The van der Waals surface area contributed by atoms with Crippen LogP contribution in [0.25, 0.3) is 22.0 Å². The number of nitrogens with zero attached hydrogens (tertiary/aromatic N) is 3. The van der Waals surface area contributed by atoms with E-state index in [1.54, 1.807) is 0 Å². The quantitative estimate of drug-likeness (QED) is 0.186. The van der Waals surface area contributed by atoms with E-state index in [0.717, 1.165) is 44.7 Å². The number of benzene rings is 3. The molecule has 0 amide bonds. The van der Waals surface area contributed by atoms with E-state index in [9.17, 15) is 0 Å². The van der Waals surface area contributed by atoms with Gasteiger partial charge in [0.15, 0.2) is 0 Å². The molecule has 0 unspecified atom stereocenters. The van der Waals surface area contributed by atoms with Gasteiger partial charge in [0, 0.05) is 44.8 Å². The first-order valence-electron chi connectivity index (χ1n) is 10.4. The fourth-order valence-electron chi connectivity index (χ4n) is 3.81. The van der Waals surface area contributed by atoms with Gasteiger partial charge in [0.25, 0.3) is 0 Å². The van der Waals surface area contributed by atoms with Crippen molar-refractivity contribution >= 4 is 28.4 Å². The van der Waals surface area contributed by atoms with E-state index in [0.29, 0.717) is 0 Å². The third-order valence-corrected chi connectivity index (χ3v) is 5.15. The summed E-state index contributed by atoms with van der Waals surface area (Å²) in [5.74, 6) is 0. The van der Waals surface area contributed by atoms with Gasteiger partial charge in [0.1, 0.15) is 0 Å². The number of hydrogen-bond acceptors (Lipinski definition) is 3. The zero-order valence-electron chi connectivity index (χ0n) is 18.7. The molecule has 0 aliphatic heterocycles. The van der Waals surface area contributed by atoms with Crippen LogP contribution in [0, 0.1) is 11.5 Å². The number of pyridine rings is 1. The Bertz CT molecular complexity index is 1270. The summed E-state index contributed by atoms with van der Waals surface area (Å²) in [7, 11) is 1.84. The topological polar surface area (TPSA) is 37.6 Å². The molecule has 4 heteroatoms. The third-order valence-electron chi connectivity index (χ3n) is 5.15. The minimum Gasteiger partial charge on any atom is -0.295 e. The molecule has 0 atom stereocenters. The van der Waals surface area contributed by atoms with Gasteiger partial charge in [-0.25, -0.2) is 0 Å². The molecule has 0 bridgehead atoms. The molecular formula is C28H26N3Pt-. The van der Waals surface area contributed by atoms with Crippen LogP contribution in [0.1, 0.15) is 32.0 Å². The van der Waals surface area contributed by atoms with Gasteiger partial charge in [-0.2, -0.15) is 0 Å². The minimum absolute atomic E-state index is 0. The smallest absolute Gasteiger partial charge is 0.0721 e. The molecule has 4 rings (SSSR count). The van der Waals surface area contributed by atoms with Crippen molar-refractivity contribution in [2.45, 2.75) is 20.8 Å². The van der Waals surface area contributed by atoms with E-state index in [4.69, 9.17) is 9.98 Å². The number of fused-ring (bicyclic) bond motifs is 1. The van der Waals surface area contributed by atoms with Gasteiger partial charge in [0.05, 0.1) is 17.6 Å². The second kappa shape index (κ2) is 10.1. The first-order valence-corrected chi connectivity index (χ1v) is 10.4. The van der Waals surface area contributed by atoms with Crippen LogP contribution < -0.4 is 0 Å². The van der Waals surface area contributed by atoms with Crippen LogP contribution in [0.5, 0.6) is 0 Å². The van der Waals surface area contributed by atoms with Gasteiger partial charge >= 0.3 is 0 Å². The van der Waals surface area contributed by atoms with Crippen LogP contribution in [0.3, 0.4) is 0 Å². The predicted octanol–water partition coefficient (Wildman–Crippen LogP) is 6.92. The third kappa shape index (κ3) is 5.11. The molecule has 3 nitrogen and oxygen atoms in total. The van der Waals surface area contributed by atoms with Crippen molar-refractivity contribution in [1.29, 1.82) is 0 Å². The molecule has 0 spiro atoms. The SMILES string of the molecule is CN=C(c1ccccc1N=Cc1cc2ccccc2c(-c2[c-]cccc2)n1)C(C)(C)C.[Pt]. The molecule has 0 aliphatic carbocycles. The molecule has 1 aromatic heterocycles. The fourth-order valence-corrected chi connectivity index (χ4v) is 3.81. The molecule has 164 valence electrons. The molecule has 0 aliphatic rings. The summed E-state index contributed by atoms with van der Waals surface area (Å²) >= 11 is 0. The van der Waals surface area contributed by atoms with E-state index in [2.05, 4.69) is 56.1 Å². The fraction of sp³-hybridized carbons (Fsp3) is 0.179. The monoisotopic (exact) mass is 599 g/mol. The van der Waals surface area contributed by atoms with Crippen molar-refractivity contribution in [3.63, 3.8) is 0 Å². The summed E-state index contributed by atoms with van der Waals surface area (Å²) in [6.07, 6.45) is 1.84. The van der Waals surface area contributed by atoms with Crippen molar-refractivity contribution < 1.29 is 21.1 Å². The summed E-state index contributed by atoms with van der Waals surface area (Å²) in [6, 6.07) is 29.7. The molecule has 0 fully saturated rings. The van der Waals surface area contributed by atoms with E-state index >= 15 is 0 Å². The zero-order valence-corrected chi connectivity index (χ0v) is 21.0. The Kier molecular flexibility index (Phi) is 7.53. The van der Waals surface area contributed by atoms with Crippen molar-refractivity contribution in [3.05, 3.63) is 96.2 Å². The van der Waals surface area contributed by atoms with Gasteiger partial charge < -0.3 is 0 Å². The molecule has 0 saturated heterocycles. The van der Waals surface area contributed by atoms with Gasteiger partial charge in [-0.1, -0.05) is 63.2 Å². The Morgan fingerprint density at radius 1 is 0.938 bits per heavy atom. The molecule has 3 aromatic carbocycles. The van der Waals surface area contributed by atoms with Crippen LogP contribution in [-0.2, 0) is 21.1 Å². The number of aromatic nitrogens is 1. The number of hydrogen-bond donors (Lipinski definition) is 0. The summed E-state index contributed by atoms with van der Waals surface area (Å²) in [5, 5.41) is 2.24. The second-order valence-electron chi connectivity index (χ2n) is 8.49. The van der Waals surface area contributed by atoms with Crippen LogP contribution in [0.4, 0.5) is 5.69 Å². The molecule has 4 aromatic rings. The maximum Gasteiger partial charge on any atom is 0.0721 e. The number of rotatable bonds is 4. The molecule has 0 N–H and O–H groups in total. The largest absolute Gasteiger partial charge is 0.295 e. The predicted molar refractivity (Wildman–Crippen MR) is 132 cm³/mol. The maximum atomic E-state index is 4.92. The van der Waals surface area contributed by atoms with E-state index < -0.39 is 0 Å². The van der Waals surface area contributed by atoms with Crippen LogP contribution in [0.2, 0.25) is 0 Å². The Balaban J connectivity index is 0.00000289. The molecule has 0 saturated carbocycles. The number of para-hydroxylation sites is 1. The Morgan fingerprint density at radius 2 is 1.66 bits per heavy atom. The minimum atomic E-state index is -0.0715. The van der Waals surface area contributed by atoms with E-state index in [1.165, 1.54) is 0 Å². The molecule has 32 heavy (non-hydrogen) atoms. The van der Waals surface area contributed by atoms with Gasteiger partial charge in [-0.05, 0) is 28.6 Å². The van der Waals surface area contributed by atoms with E-state index in [-0.39, 0.29) is 26.5 Å². The van der Waals surface area contributed by atoms with Crippen LogP contribution in [0.15, 0.2) is 88.8 Å². The normalized spacial score (nSPS) is 12.2. The average molecular weight is 600 g/mol. The first-order chi connectivity index (χ1) is 15.0. The maximum absolute atomic E-state index is 4.92.